The summed E-state index contributed by atoms with van der Waals surface area (Å²) in [6.45, 7) is 9.75. The van der Waals surface area contributed by atoms with E-state index in [9.17, 15) is 0 Å². The maximum atomic E-state index is 7.03. The molecule has 4 nitrogen and oxygen atoms in total. The van der Waals surface area contributed by atoms with Crippen molar-refractivity contribution in [3.8, 4) is 101 Å². The lowest BCUT2D eigenvalue weighted by Gasteiger charge is -2.39. The number of hydrogen-bond donors (Lipinski definition) is 0. The molecular weight excluding hydrogens is 915 g/mol. The van der Waals surface area contributed by atoms with Gasteiger partial charge in [-0.1, -0.05) is 227 Å². The van der Waals surface area contributed by atoms with E-state index in [1.54, 1.807) is 0 Å². The number of para-hydroxylation sites is 1. The highest BCUT2D eigenvalue weighted by molar-refractivity contribution is 7.05. The van der Waals surface area contributed by atoms with Gasteiger partial charge in [-0.05, 0) is 113 Å². The van der Waals surface area contributed by atoms with E-state index in [2.05, 4.69) is 215 Å². The van der Waals surface area contributed by atoms with E-state index in [0.717, 1.165) is 39.3 Å². The zero-order valence-corrected chi connectivity index (χ0v) is 42.6. The Labute approximate surface area is 432 Å². The quantitative estimate of drug-likeness (QED) is 0.161. The molecule has 1 aromatic heterocycles. The van der Waals surface area contributed by atoms with Crippen LogP contribution >= 0.6 is 0 Å². The summed E-state index contributed by atoms with van der Waals surface area (Å²) >= 11 is 0. The van der Waals surface area contributed by atoms with Crippen molar-refractivity contribution in [1.29, 1.82) is 0 Å². The number of rotatable bonds is 5. The minimum atomic E-state index is -2.49. The average Bonchev–Trinajstić information content (AvgIpc) is 4.12. The molecule has 4 aliphatic rings. The fraction of sp³-hybridized carbons (Fsp3) is 0.0870. The molecule has 1 spiro atoms. The molecule has 3 heterocycles. The largest absolute Gasteiger partial charge is 0.457 e. The second-order valence-electron chi connectivity index (χ2n) is 21.4. The lowest BCUT2D eigenvalue weighted by molar-refractivity contribution is 0.436. The minimum Gasteiger partial charge on any atom is -0.457 e. The van der Waals surface area contributed by atoms with Crippen LogP contribution in [0, 0.1) is 0 Å². The third-order valence-electron chi connectivity index (χ3n) is 16.8. The van der Waals surface area contributed by atoms with Crippen molar-refractivity contribution in [3.63, 3.8) is 0 Å². The Balaban J connectivity index is 0.911. The third-order valence-corrected chi connectivity index (χ3v) is 20.4. The summed E-state index contributed by atoms with van der Waals surface area (Å²) in [4.78, 5) is 15.6. The van der Waals surface area contributed by atoms with Gasteiger partial charge in [0.15, 0.2) is 17.5 Å². The molecule has 2 aliphatic heterocycles. The van der Waals surface area contributed by atoms with Crippen LogP contribution in [0.3, 0.4) is 0 Å². The summed E-state index contributed by atoms with van der Waals surface area (Å²) in [5.74, 6) is 3.80. The Hall–Kier alpha value is -8.77. The molecule has 0 bridgehead atoms. The van der Waals surface area contributed by atoms with Crippen LogP contribution < -0.4 is 15.1 Å². The van der Waals surface area contributed by atoms with Gasteiger partial charge in [0.05, 0.1) is 5.41 Å². The molecule has 5 heteroatoms. The lowest BCUT2D eigenvalue weighted by Crippen LogP contribution is -2.51. The van der Waals surface area contributed by atoms with E-state index in [0.29, 0.717) is 17.5 Å². The van der Waals surface area contributed by atoms with E-state index in [4.69, 9.17) is 19.7 Å². The Bertz CT molecular complexity index is 4120. The molecule has 10 aromatic carbocycles. The minimum absolute atomic E-state index is 0.114. The van der Waals surface area contributed by atoms with Crippen LogP contribution in [0.1, 0.15) is 47.2 Å². The first-order valence-electron chi connectivity index (χ1n) is 25.8. The monoisotopic (exact) mass is 963 g/mol. The highest BCUT2D eigenvalue weighted by Gasteiger charge is 2.52. The normalized spacial score (nSPS) is 16.2. The van der Waals surface area contributed by atoms with Crippen LogP contribution in [0.2, 0.25) is 13.1 Å². The molecule has 350 valence electrons. The predicted octanol–water partition coefficient (Wildman–Crippen LogP) is 15.8. The van der Waals surface area contributed by atoms with Crippen LogP contribution in [0.4, 0.5) is 0 Å². The molecule has 1 atom stereocenters. The fourth-order valence-corrected chi connectivity index (χ4v) is 17.4. The summed E-state index contributed by atoms with van der Waals surface area (Å²) in [7, 11) is -2.49. The van der Waals surface area contributed by atoms with Gasteiger partial charge in [0, 0.05) is 33.2 Å². The van der Waals surface area contributed by atoms with Crippen LogP contribution in [-0.2, 0) is 10.8 Å². The number of ether oxygens (including phenoxy) is 1. The Morgan fingerprint density at radius 3 is 1.53 bits per heavy atom. The Kier molecular flexibility index (Phi) is 9.05. The molecule has 11 aromatic rings. The number of benzene rings is 10. The molecule has 1 unspecified atom stereocenters. The maximum absolute atomic E-state index is 7.03. The first kappa shape index (κ1) is 42.9. The molecule has 2 aliphatic carbocycles. The van der Waals surface area contributed by atoms with Gasteiger partial charge in [-0.2, -0.15) is 0 Å². The smallest absolute Gasteiger partial charge is 0.164 e. The van der Waals surface area contributed by atoms with E-state index in [-0.39, 0.29) is 5.41 Å². The van der Waals surface area contributed by atoms with Gasteiger partial charge >= 0.3 is 0 Å². The molecule has 0 N–H and O–H groups in total. The summed E-state index contributed by atoms with van der Waals surface area (Å²) < 4.78 is 7.03. The summed E-state index contributed by atoms with van der Waals surface area (Å²) in [5, 5.41) is 2.77. The van der Waals surface area contributed by atoms with E-state index < -0.39 is 13.5 Å². The average molecular weight is 964 g/mol. The topological polar surface area (TPSA) is 47.9 Å². The van der Waals surface area contributed by atoms with Gasteiger partial charge in [-0.3, -0.25) is 0 Å². The van der Waals surface area contributed by atoms with E-state index >= 15 is 0 Å². The zero-order chi connectivity index (χ0) is 49.5. The number of hydrogen-bond acceptors (Lipinski definition) is 4. The molecule has 0 fully saturated rings. The van der Waals surface area contributed by atoms with Crippen LogP contribution in [0.15, 0.2) is 224 Å². The lowest BCUT2D eigenvalue weighted by atomic mass is 9.65. The molecule has 74 heavy (non-hydrogen) atoms. The van der Waals surface area contributed by atoms with Gasteiger partial charge in [-0.15, -0.1) is 0 Å². The molecule has 0 radical (unpaired) electrons. The Morgan fingerprint density at radius 1 is 0.324 bits per heavy atom. The van der Waals surface area contributed by atoms with Gasteiger partial charge in [0.25, 0.3) is 0 Å². The van der Waals surface area contributed by atoms with Crippen LogP contribution in [-0.4, -0.2) is 23.0 Å². The van der Waals surface area contributed by atoms with Gasteiger partial charge in [0.1, 0.15) is 19.6 Å². The number of nitrogens with zero attached hydrogens (tertiary/aromatic N) is 3. The molecule has 15 rings (SSSR count). The van der Waals surface area contributed by atoms with Crippen molar-refractivity contribution < 1.29 is 4.74 Å². The van der Waals surface area contributed by atoms with Crippen LogP contribution in [0.5, 0.6) is 11.5 Å². The number of aromatic nitrogens is 3. The summed E-state index contributed by atoms with van der Waals surface area (Å²) in [6.07, 6.45) is 0. The summed E-state index contributed by atoms with van der Waals surface area (Å²) in [6, 6.07) is 82.1. The SMILES string of the molecule is CC1(C)c2ccccc2-c2ccc(-c3cccc4c3-c3ccccc3C43c4ccccc4Oc4ccc(-c5cccc6c5[Si](C)(C)c5c(-c7nc(-c8ccccc8)nc(-c8ccccc8)n7)cccc5-6)cc43)cc21. The summed E-state index contributed by atoms with van der Waals surface area (Å²) in [5.41, 5.74) is 22.5. The van der Waals surface area contributed by atoms with E-state index in [1.165, 1.54) is 88.3 Å². The van der Waals surface area contributed by atoms with Crippen molar-refractivity contribution in [2.75, 3.05) is 0 Å². The molecule has 0 amide bonds. The molecular formula is C69H49N3OSi. The van der Waals surface area contributed by atoms with Crippen molar-refractivity contribution in [2.24, 2.45) is 0 Å². The van der Waals surface area contributed by atoms with Crippen molar-refractivity contribution in [3.05, 3.63) is 258 Å². The first-order valence-corrected chi connectivity index (χ1v) is 28.8. The zero-order valence-electron chi connectivity index (χ0n) is 41.6. The number of fused-ring (bicyclic) bond motifs is 15. The Morgan fingerprint density at radius 2 is 0.797 bits per heavy atom. The molecule has 0 saturated carbocycles. The fourth-order valence-electron chi connectivity index (χ4n) is 13.6. The van der Waals surface area contributed by atoms with Gasteiger partial charge in [0.2, 0.25) is 0 Å². The highest BCUT2D eigenvalue weighted by Crippen LogP contribution is 2.64. The third kappa shape index (κ3) is 5.87. The van der Waals surface area contributed by atoms with Crippen LogP contribution in [0.25, 0.3) is 89.8 Å². The highest BCUT2D eigenvalue weighted by atomic mass is 28.3. The second kappa shape index (κ2) is 15.6. The second-order valence-corrected chi connectivity index (χ2v) is 25.6. The van der Waals surface area contributed by atoms with Crippen molar-refractivity contribution in [2.45, 2.75) is 37.8 Å². The van der Waals surface area contributed by atoms with Gasteiger partial charge in [-0.25, -0.2) is 15.0 Å². The van der Waals surface area contributed by atoms with Gasteiger partial charge < -0.3 is 4.74 Å². The van der Waals surface area contributed by atoms with Crippen molar-refractivity contribution in [1.82, 2.24) is 15.0 Å². The standard InChI is InChI=1S/C69H49N3OSi/c1-68(2)54-31-13-11-24-48(54)49-38-36-44(40-58(49)68)46-26-19-34-57-62(46)52-25-12-14-32-55(52)69(57)56-33-15-16-35-60(56)73-61-39-37-45(41-59(61)69)47-27-17-28-50-51-29-18-30-53(64(51)74(3,4)63(47)50)67-71-65(42-20-7-5-8-21-42)70-66(72-67)43-22-9-6-10-23-43/h5-41H,1-4H3. The first-order chi connectivity index (χ1) is 36.2. The predicted molar refractivity (Wildman–Crippen MR) is 304 cm³/mol. The maximum Gasteiger partial charge on any atom is 0.164 e. The van der Waals surface area contributed by atoms with Crippen molar-refractivity contribution >= 4 is 18.4 Å². The van der Waals surface area contributed by atoms with E-state index in [1.807, 2.05) is 36.4 Å². The molecule has 0 saturated heterocycles.